The molecule has 0 aliphatic rings. The van der Waals surface area contributed by atoms with E-state index in [0.717, 1.165) is 37.9 Å². The van der Waals surface area contributed by atoms with E-state index in [1.807, 2.05) is 6.07 Å². The molecule has 0 N–H and O–H groups in total. The van der Waals surface area contributed by atoms with Crippen molar-refractivity contribution >= 4 is 81.2 Å². The Labute approximate surface area is 244 Å². The minimum Gasteiger partial charge on any atom is -0.309 e. The van der Waals surface area contributed by atoms with Crippen LogP contribution in [0.25, 0.3) is 76.8 Å². The maximum absolute atomic E-state index is 5.13. The summed E-state index contributed by atoms with van der Waals surface area (Å²) in [5, 5.41) is 8.48. The van der Waals surface area contributed by atoms with E-state index in [0.29, 0.717) is 0 Å². The zero-order valence-corrected chi connectivity index (χ0v) is 23.5. The molecule has 0 atom stereocenters. The van der Waals surface area contributed by atoms with Crippen LogP contribution in [0.3, 0.4) is 0 Å². The first kappa shape index (κ1) is 22.8. The number of hydrogen-bond donors (Lipinski definition) is 0. The molecule has 3 nitrogen and oxygen atoms in total. The van der Waals surface area contributed by atoms with Crippen LogP contribution < -0.4 is 0 Å². The van der Waals surface area contributed by atoms with Gasteiger partial charge in [-0.2, -0.15) is 0 Å². The second-order valence-electron chi connectivity index (χ2n) is 10.6. The molecule has 0 amide bonds. The molecular weight excluding hydrogens is 566 g/mol. The zero-order chi connectivity index (χ0) is 27.1. The minimum absolute atomic E-state index is 0.906. The lowest BCUT2D eigenvalue weighted by Gasteiger charge is -2.12. The Kier molecular flexibility index (Phi) is 4.75. The van der Waals surface area contributed by atoms with Gasteiger partial charge in [0.25, 0.3) is 0 Å². The van der Waals surface area contributed by atoms with Gasteiger partial charge in [0.15, 0.2) is 0 Å². The number of nitrogens with zero attached hydrogens (tertiary/aromatic N) is 3. The predicted molar refractivity (Wildman–Crippen MR) is 176 cm³/mol. The van der Waals surface area contributed by atoms with Crippen LogP contribution in [0.2, 0.25) is 0 Å². The Balaban J connectivity index is 1.49. The lowest BCUT2D eigenvalue weighted by Crippen LogP contribution is -1.98. The number of halogens is 1. The second kappa shape index (κ2) is 8.53. The van der Waals surface area contributed by atoms with Crippen LogP contribution in [0.15, 0.2) is 138 Å². The van der Waals surface area contributed by atoms with E-state index in [9.17, 15) is 0 Å². The molecule has 192 valence electrons. The fraction of sp³-hybridized carbons (Fsp3) is 0. The van der Waals surface area contributed by atoms with Gasteiger partial charge in [-0.25, -0.2) is 4.98 Å². The Morgan fingerprint density at radius 3 is 2.00 bits per heavy atom. The quantitative estimate of drug-likeness (QED) is 0.197. The first-order valence-electron chi connectivity index (χ1n) is 13.8. The number of fused-ring (bicyclic) bond motifs is 9. The molecule has 41 heavy (non-hydrogen) atoms. The monoisotopic (exact) mass is 587 g/mol. The fourth-order valence-corrected chi connectivity index (χ4v) is 7.16. The summed E-state index contributed by atoms with van der Waals surface area (Å²) in [6, 6.07) is 47.6. The van der Waals surface area contributed by atoms with Crippen molar-refractivity contribution in [3.63, 3.8) is 0 Å². The number of para-hydroxylation sites is 3. The van der Waals surface area contributed by atoms with E-state index in [-0.39, 0.29) is 0 Å². The normalized spacial score (nSPS) is 12.0. The fourth-order valence-electron chi connectivity index (χ4n) is 6.56. The van der Waals surface area contributed by atoms with Gasteiger partial charge in [0.2, 0.25) is 0 Å². The van der Waals surface area contributed by atoms with Crippen molar-refractivity contribution in [3.05, 3.63) is 138 Å². The van der Waals surface area contributed by atoms with E-state index < -0.39 is 0 Å². The number of rotatable bonds is 2. The molecule has 6 aromatic carbocycles. The minimum atomic E-state index is 0.906. The molecule has 0 aliphatic heterocycles. The van der Waals surface area contributed by atoms with Crippen molar-refractivity contribution in [1.29, 1.82) is 0 Å². The smallest absolute Gasteiger partial charge is 0.138 e. The van der Waals surface area contributed by atoms with Gasteiger partial charge in [0.1, 0.15) is 5.82 Å². The molecule has 0 unspecified atom stereocenters. The van der Waals surface area contributed by atoms with Crippen LogP contribution in [0.5, 0.6) is 0 Å². The van der Waals surface area contributed by atoms with Crippen molar-refractivity contribution in [1.82, 2.24) is 14.1 Å². The lowest BCUT2D eigenvalue weighted by atomic mass is 10.1. The predicted octanol–water partition coefficient (Wildman–Crippen LogP) is 10.3. The first-order chi connectivity index (χ1) is 20.3. The SMILES string of the molecule is Brc1cc2c3ccccc3n(-c3ccc4ccccc4c3)c2c2c3ccccc3n(-c3ccc4ccccc4n3)c12. The Bertz CT molecular complexity index is 2500. The molecule has 0 radical (unpaired) electrons. The number of hydrogen-bond acceptors (Lipinski definition) is 1. The van der Waals surface area contributed by atoms with Crippen LogP contribution in [-0.2, 0) is 0 Å². The number of aromatic nitrogens is 3. The summed E-state index contributed by atoms with van der Waals surface area (Å²) in [5.41, 5.74) is 6.78. The summed E-state index contributed by atoms with van der Waals surface area (Å²) >= 11 is 4.02. The summed E-state index contributed by atoms with van der Waals surface area (Å²) in [4.78, 5) is 5.13. The summed E-state index contributed by atoms with van der Waals surface area (Å²) in [6.45, 7) is 0. The molecule has 0 saturated heterocycles. The van der Waals surface area contributed by atoms with Crippen molar-refractivity contribution < 1.29 is 0 Å². The molecule has 0 spiro atoms. The van der Waals surface area contributed by atoms with Crippen LogP contribution in [0.1, 0.15) is 0 Å². The summed E-state index contributed by atoms with van der Waals surface area (Å²) in [6.07, 6.45) is 0. The van der Waals surface area contributed by atoms with Gasteiger partial charge in [0, 0.05) is 37.1 Å². The second-order valence-corrected chi connectivity index (χ2v) is 11.4. The van der Waals surface area contributed by atoms with E-state index in [2.05, 4.69) is 152 Å². The van der Waals surface area contributed by atoms with E-state index in [1.165, 1.54) is 43.4 Å². The highest BCUT2D eigenvalue weighted by molar-refractivity contribution is 9.10. The third kappa shape index (κ3) is 3.22. The average Bonchev–Trinajstić information content (AvgIpc) is 3.54. The zero-order valence-electron chi connectivity index (χ0n) is 21.9. The van der Waals surface area contributed by atoms with E-state index in [1.54, 1.807) is 0 Å². The van der Waals surface area contributed by atoms with Gasteiger partial charge in [0.05, 0.1) is 27.6 Å². The van der Waals surface area contributed by atoms with Gasteiger partial charge < -0.3 is 4.57 Å². The third-order valence-corrected chi connectivity index (χ3v) is 8.93. The molecule has 0 fully saturated rings. The van der Waals surface area contributed by atoms with Gasteiger partial charge in [-0.15, -0.1) is 0 Å². The molecule has 3 aromatic heterocycles. The van der Waals surface area contributed by atoms with Crippen molar-refractivity contribution in [2.45, 2.75) is 0 Å². The topological polar surface area (TPSA) is 22.8 Å². The highest BCUT2D eigenvalue weighted by Gasteiger charge is 2.23. The Hall–Kier alpha value is -4.93. The summed E-state index contributed by atoms with van der Waals surface area (Å²) in [5.74, 6) is 0.906. The van der Waals surface area contributed by atoms with Crippen molar-refractivity contribution in [2.24, 2.45) is 0 Å². The van der Waals surface area contributed by atoms with Crippen LogP contribution in [-0.4, -0.2) is 14.1 Å². The number of benzene rings is 6. The van der Waals surface area contributed by atoms with Gasteiger partial charge in [-0.1, -0.05) is 84.9 Å². The summed E-state index contributed by atoms with van der Waals surface area (Å²) in [7, 11) is 0. The van der Waals surface area contributed by atoms with Crippen LogP contribution in [0.4, 0.5) is 0 Å². The Morgan fingerprint density at radius 2 is 1.15 bits per heavy atom. The van der Waals surface area contributed by atoms with Crippen molar-refractivity contribution in [3.8, 4) is 11.5 Å². The summed E-state index contributed by atoms with van der Waals surface area (Å²) < 4.78 is 5.80. The molecule has 0 bridgehead atoms. The molecule has 0 aliphatic carbocycles. The Morgan fingerprint density at radius 1 is 0.488 bits per heavy atom. The standard InChI is InChI=1S/C37H22BrN3/c38-30-22-29-27-12-4-7-15-32(27)40(26-19-17-23-9-1-2-11-25(23)21-26)36(29)35-28-13-5-8-16-33(28)41(37(30)35)34-20-18-24-10-3-6-14-31(24)39-34/h1-22H. The molecule has 0 saturated carbocycles. The van der Waals surface area contributed by atoms with Crippen molar-refractivity contribution in [2.75, 3.05) is 0 Å². The van der Waals surface area contributed by atoms with Gasteiger partial charge >= 0.3 is 0 Å². The number of pyridine rings is 1. The van der Waals surface area contributed by atoms with E-state index >= 15 is 0 Å². The molecule has 3 heterocycles. The molecular formula is C37H22BrN3. The van der Waals surface area contributed by atoms with Crippen LogP contribution >= 0.6 is 15.9 Å². The third-order valence-electron chi connectivity index (χ3n) is 8.33. The molecule has 4 heteroatoms. The largest absolute Gasteiger partial charge is 0.309 e. The van der Waals surface area contributed by atoms with Gasteiger partial charge in [-0.3, -0.25) is 4.57 Å². The maximum atomic E-state index is 5.13. The maximum Gasteiger partial charge on any atom is 0.138 e. The first-order valence-corrected chi connectivity index (χ1v) is 14.6. The highest BCUT2D eigenvalue weighted by Crippen LogP contribution is 2.45. The highest BCUT2D eigenvalue weighted by atomic mass is 79.9. The molecule has 9 rings (SSSR count). The van der Waals surface area contributed by atoms with Crippen LogP contribution in [0, 0.1) is 0 Å². The van der Waals surface area contributed by atoms with Gasteiger partial charge in [-0.05, 0) is 75.2 Å². The average molecular weight is 589 g/mol. The molecule has 9 aromatic rings. The van der Waals surface area contributed by atoms with E-state index in [4.69, 9.17) is 4.98 Å². The lowest BCUT2D eigenvalue weighted by molar-refractivity contribution is 1.10.